The van der Waals surface area contributed by atoms with Gasteiger partial charge in [0, 0.05) is 12.8 Å². The zero-order valence-corrected chi connectivity index (χ0v) is 5.91. The Balaban J connectivity index is 2.43. The minimum Gasteiger partial charge on any atom is -0.247 e. The van der Waals surface area contributed by atoms with E-state index in [1.54, 1.807) is 0 Å². The average Bonchev–Trinajstić information content (AvgIpc) is 2.10. The van der Waals surface area contributed by atoms with Gasteiger partial charge in [0.25, 0.3) is 0 Å². The van der Waals surface area contributed by atoms with E-state index in [-0.39, 0.29) is 12.8 Å². The summed E-state index contributed by atoms with van der Waals surface area (Å²) in [4.78, 5) is 0. The van der Waals surface area contributed by atoms with Crippen molar-refractivity contribution in [3.05, 3.63) is 0 Å². The molecule has 2 atom stereocenters. The lowest BCUT2D eigenvalue weighted by Crippen LogP contribution is -2.13. The molecule has 0 aromatic carbocycles. The van der Waals surface area contributed by atoms with Gasteiger partial charge < -0.3 is 0 Å². The molecule has 0 aromatic rings. The topological polar surface area (TPSA) is 0 Å². The Hall–Kier alpha value is -0.210. The lowest BCUT2D eigenvalue weighted by molar-refractivity contribution is 0.00138. The summed E-state index contributed by atoms with van der Waals surface area (Å²) in [6, 6.07) is 0. The van der Waals surface area contributed by atoms with Gasteiger partial charge in [0.15, 0.2) is 0 Å². The fourth-order valence-corrected chi connectivity index (χ4v) is 1.38. The predicted octanol–water partition coefficient (Wildman–Crippen LogP) is 2.78. The van der Waals surface area contributed by atoms with E-state index in [4.69, 9.17) is 0 Å². The number of hydrogen-bond acceptors (Lipinski definition) is 0. The molecule has 0 bridgehead atoms. The zero-order valence-electron chi connectivity index (χ0n) is 5.91. The molecular weight excluding hydrogens is 141 g/mol. The second-order valence-electron chi connectivity index (χ2n) is 3.04. The van der Waals surface area contributed by atoms with Gasteiger partial charge >= 0.3 is 0 Å². The van der Waals surface area contributed by atoms with Gasteiger partial charge in [0.2, 0.25) is 5.92 Å². The Labute approximate surface area is 58.4 Å². The quantitative estimate of drug-likeness (QED) is 0.542. The Kier molecular flexibility index (Phi) is 1.92. The van der Waals surface area contributed by atoms with Crippen LogP contribution < -0.4 is 0 Å². The summed E-state index contributed by atoms with van der Waals surface area (Å²) in [5.41, 5.74) is 0. The molecule has 1 aliphatic carbocycles. The number of halogens is 3. The van der Waals surface area contributed by atoms with Gasteiger partial charge in [0.05, 0.1) is 0 Å². The fraction of sp³-hybridized carbons (Fsp3) is 1.00. The van der Waals surface area contributed by atoms with E-state index in [0.29, 0.717) is 6.42 Å². The molecule has 1 rings (SSSR count). The van der Waals surface area contributed by atoms with Crippen LogP contribution in [0.2, 0.25) is 0 Å². The van der Waals surface area contributed by atoms with Crippen molar-refractivity contribution < 1.29 is 13.2 Å². The van der Waals surface area contributed by atoms with E-state index in [9.17, 15) is 13.2 Å². The van der Waals surface area contributed by atoms with Crippen molar-refractivity contribution in [2.24, 2.45) is 5.92 Å². The van der Waals surface area contributed by atoms with Crippen molar-refractivity contribution in [1.29, 1.82) is 0 Å². The van der Waals surface area contributed by atoms with Crippen molar-refractivity contribution >= 4 is 0 Å². The van der Waals surface area contributed by atoms with E-state index >= 15 is 0 Å². The molecule has 1 saturated carbocycles. The van der Waals surface area contributed by atoms with Gasteiger partial charge in [-0.3, -0.25) is 0 Å². The maximum absolute atomic E-state index is 12.4. The maximum atomic E-state index is 12.4. The second kappa shape index (κ2) is 2.44. The molecule has 0 radical (unpaired) electrons. The first-order chi connectivity index (χ1) is 4.51. The molecule has 2 unspecified atom stereocenters. The molecule has 0 saturated heterocycles. The third kappa shape index (κ3) is 1.64. The van der Waals surface area contributed by atoms with Crippen LogP contribution in [-0.4, -0.2) is 12.1 Å². The van der Waals surface area contributed by atoms with E-state index in [1.807, 2.05) is 0 Å². The van der Waals surface area contributed by atoms with Crippen LogP contribution in [-0.2, 0) is 0 Å². The van der Waals surface area contributed by atoms with Crippen molar-refractivity contribution in [1.82, 2.24) is 0 Å². The van der Waals surface area contributed by atoms with Gasteiger partial charge in [-0.25, -0.2) is 13.2 Å². The van der Waals surface area contributed by atoms with Crippen LogP contribution in [0.3, 0.4) is 0 Å². The third-order valence-corrected chi connectivity index (χ3v) is 2.09. The smallest absolute Gasteiger partial charge is 0.247 e. The fourth-order valence-electron chi connectivity index (χ4n) is 1.38. The SMILES string of the molecule is CC(F)C1CCC(F)(F)C1. The molecule has 0 N–H and O–H groups in total. The monoisotopic (exact) mass is 152 g/mol. The van der Waals surface area contributed by atoms with Crippen molar-refractivity contribution in [2.45, 2.75) is 38.3 Å². The van der Waals surface area contributed by atoms with E-state index in [2.05, 4.69) is 0 Å². The van der Waals surface area contributed by atoms with Crippen LogP contribution >= 0.6 is 0 Å². The Morgan fingerprint density at radius 3 is 2.30 bits per heavy atom. The maximum Gasteiger partial charge on any atom is 0.248 e. The molecule has 0 heterocycles. The number of alkyl halides is 3. The molecule has 3 heteroatoms. The molecule has 0 aliphatic heterocycles. The summed E-state index contributed by atoms with van der Waals surface area (Å²) in [5, 5.41) is 0. The van der Waals surface area contributed by atoms with Crippen LogP contribution in [0.25, 0.3) is 0 Å². The molecule has 10 heavy (non-hydrogen) atoms. The van der Waals surface area contributed by atoms with Gasteiger partial charge in [-0.05, 0) is 19.3 Å². The number of hydrogen-bond donors (Lipinski definition) is 0. The molecule has 1 aliphatic rings. The van der Waals surface area contributed by atoms with Crippen LogP contribution in [0, 0.1) is 5.92 Å². The summed E-state index contributed by atoms with van der Waals surface area (Å²) >= 11 is 0. The first-order valence-electron chi connectivity index (χ1n) is 3.53. The Morgan fingerprint density at radius 1 is 1.50 bits per heavy atom. The molecule has 0 nitrogen and oxygen atoms in total. The van der Waals surface area contributed by atoms with Gasteiger partial charge in [-0.1, -0.05) is 0 Å². The first kappa shape index (κ1) is 7.89. The van der Waals surface area contributed by atoms with Crippen molar-refractivity contribution in [3.8, 4) is 0 Å². The summed E-state index contributed by atoms with van der Waals surface area (Å²) in [6.45, 7) is 1.35. The van der Waals surface area contributed by atoms with Crippen LogP contribution in [0.4, 0.5) is 13.2 Å². The lowest BCUT2D eigenvalue weighted by atomic mass is 10.0. The van der Waals surface area contributed by atoms with E-state index < -0.39 is 18.0 Å². The summed E-state index contributed by atoms with van der Waals surface area (Å²) in [7, 11) is 0. The molecule has 0 aromatic heterocycles. The average molecular weight is 152 g/mol. The summed E-state index contributed by atoms with van der Waals surface area (Å²) < 4.78 is 37.2. The zero-order chi connectivity index (χ0) is 7.78. The highest BCUT2D eigenvalue weighted by Gasteiger charge is 2.41. The molecule has 0 spiro atoms. The first-order valence-corrected chi connectivity index (χ1v) is 3.53. The molecular formula is C7H11F3. The molecule has 1 fully saturated rings. The minimum atomic E-state index is -2.59. The van der Waals surface area contributed by atoms with Crippen molar-refractivity contribution in [2.75, 3.05) is 0 Å². The van der Waals surface area contributed by atoms with Gasteiger partial charge in [0.1, 0.15) is 6.17 Å². The number of rotatable bonds is 1. The van der Waals surface area contributed by atoms with Gasteiger partial charge in [-0.15, -0.1) is 0 Å². The third-order valence-electron chi connectivity index (χ3n) is 2.09. The highest BCUT2D eigenvalue weighted by molar-refractivity contribution is 4.83. The Morgan fingerprint density at radius 2 is 2.10 bits per heavy atom. The largest absolute Gasteiger partial charge is 0.248 e. The molecule has 0 amide bonds. The normalized spacial score (nSPS) is 34.2. The van der Waals surface area contributed by atoms with Crippen LogP contribution in [0.1, 0.15) is 26.2 Å². The van der Waals surface area contributed by atoms with Crippen molar-refractivity contribution in [3.63, 3.8) is 0 Å². The highest BCUT2D eigenvalue weighted by atomic mass is 19.3. The Bertz CT molecular complexity index is 120. The predicted molar refractivity (Wildman–Crippen MR) is 32.9 cm³/mol. The minimum absolute atomic E-state index is 0.133. The van der Waals surface area contributed by atoms with Crippen LogP contribution in [0.15, 0.2) is 0 Å². The summed E-state index contributed by atoms with van der Waals surface area (Å²) in [5.74, 6) is -3.00. The molecule has 60 valence electrons. The second-order valence-corrected chi connectivity index (χ2v) is 3.04. The lowest BCUT2D eigenvalue weighted by Gasteiger charge is -2.10. The standard InChI is InChI=1S/C7H11F3/c1-5(8)6-2-3-7(9,10)4-6/h5-6H,2-4H2,1H3. The summed E-state index contributed by atoms with van der Waals surface area (Å²) in [6.07, 6.45) is -1.13. The van der Waals surface area contributed by atoms with E-state index in [0.717, 1.165) is 0 Å². The van der Waals surface area contributed by atoms with Gasteiger partial charge in [-0.2, -0.15) is 0 Å². The van der Waals surface area contributed by atoms with Crippen LogP contribution in [0.5, 0.6) is 0 Å². The highest BCUT2D eigenvalue weighted by Crippen LogP contribution is 2.40. The van der Waals surface area contributed by atoms with E-state index in [1.165, 1.54) is 6.92 Å².